The van der Waals surface area contributed by atoms with Crippen LogP contribution < -0.4 is 0 Å². The highest BCUT2D eigenvalue weighted by Gasteiger charge is 2.30. The Morgan fingerprint density at radius 1 is 1.50 bits per heavy atom. The molecule has 2 rings (SSSR count). The van der Waals surface area contributed by atoms with Crippen molar-refractivity contribution in [3.05, 3.63) is 38.9 Å². The summed E-state index contributed by atoms with van der Waals surface area (Å²) in [7, 11) is 0. The fraction of sp³-hybridized carbons (Fsp3) is 0.462. The lowest BCUT2D eigenvalue weighted by Gasteiger charge is -2.27. The standard InChI is InChI=1S/C13H15ClN2O3S/c1-9-5-7-20-8-6-15(9)13(17)12-10(14)3-2-4-11(12)16(18)19/h2-4,9H,5-8H2,1H3. The van der Waals surface area contributed by atoms with Crippen molar-refractivity contribution in [2.24, 2.45) is 0 Å². The van der Waals surface area contributed by atoms with E-state index in [4.69, 9.17) is 11.6 Å². The third-order valence-corrected chi connectivity index (χ3v) is 4.66. The maximum Gasteiger partial charge on any atom is 0.283 e. The lowest BCUT2D eigenvalue weighted by atomic mass is 10.1. The number of benzene rings is 1. The normalized spacial score (nSPS) is 19.5. The number of carbonyl (C=O) groups excluding carboxylic acids is 1. The van der Waals surface area contributed by atoms with E-state index in [1.807, 2.05) is 6.92 Å². The minimum Gasteiger partial charge on any atom is -0.335 e. The van der Waals surface area contributed by atoms with Crippen LogP contribution in [-0.2, 0) is 0 Å². The molecule has 1 saturated heterocycles. The van der Waals surface area contributed by atoms with Crippen LogP contribution in [0.2, 0.25) is 5.02 Å². The van der Waals surface area contributed by atoms with Gasteiger partial charge >= 0.3 is 0 Å². The largest absolute Gasteiger partial charge is 0.335 e. The molecule has 108 valence electrons. The first kappa shape index (κ1) is 15.1. The Labute approximate surface area is 126 Å². The number of nitro groups is 1. The molecule has 1 amide bonds. The third-order valence-electron chi connectivity index (χ3n) is 3.35. The molecule has 1 unspecified atom stereocenters. The first-order chi connectivity index (χ1) is 9.52. The molecular weight excluding hydrogens is 300 g/mol. The molecular formula is C13H15ClN2O3S. The van der Waals surface area contributed by atoms with Crippen LogP contribution in [0.1, 0.15) is 23.7 Å². The molecule has 0 N–H and O–H groups in total. The van der Waals surface area contributed by atoms with Gasteiger partial charge in [-0.1, -0.05) is 17.7 Å². The van der Waals surface area contributed by atoms with Crippen LogP contribution in [0.3, 0.4) is 0 Å². The number of thioether (sulfide) groups is 1. The molecule has 0 spiro atoms. The molecule has 0 aromatic heterocycles. The lowest BCUT2D eigenvalue weighted by molar-refractivity contribution is -0.385. The summed E-state index contributed by atoms with van der Waals surface area (Å²) in [5.41, 5.74) is -0.232. The van der Waals surface area contributed by atoms with E-state index in [9.17, 15) is 14.9 Å². The summed E-state index contributed by atoms with van der Waals surface area (Å²) in [6.45, 7) is 2.56. The summed E-state index contributed by atoms with van der Waals surface area (Å²) in [5.74, 6) is 1.49. The minimum absolute atomic E-state index is 0.00193. The summed E-state index contributed by atoms with van der Waals surface area (Å²) >= 11 is 7.81. The number of hydrogen-bond acceptors (Lipinski definition) is 4. The van der Waals surface area contributed by atoms with Crippen molar-refractivity contribution in [1.82, 2.24) is 4.90 Å². The van der Waals surface area contributed by atoms with Gasteiger partial charge in [0.15, 0.2) is 0 Å². The summed E-state index contributed by atoms with van der Waals surface area (Å²) in [6.07, 6.45) is 0.884. The average molecular weight is 315 g/mol. The number of nitro benzene ring substituents is 1. The molecule has 1 aromatic carbocycles. The van der Waals surface area contributed by atoms with Crippen molar-refractivity contribution in [2.75, 3.05) is 18.1 Å². The van der Waals surface area contributed by atoms with E-state index in [-0.39, 0.29) is 28.2 Å². The second-order valence-electron chi connectivity index (χ2n) is 4.64. The van der Waals surface area contributed by atoms with Crippen molar-refractivity contribution >= 4 is 35.0 Å². The Hall–Kier alpha value is -1.27. The molecule has 1 heterocycles. The van der Waals surface area contributed by atoms with Crippen LogP contribution in [-0.4, -0.2) is 39.8 Å². The van der Waals surface area contributed by atoms with Gasteiger partial charge in [-0.3, -0.25) is 14.9 Å². The zero-order valence-corrected chi connectivity index (χ0v) is 12.6. The molecule has 1 aliphatic heterocycles. The molecule has 1 fully saturated rings. The fourth-order valence-electron chi connectivity index (χ4n) is 2.22. The Kier molecular flexibility index (Phi) is 4.88. The number of halogens is 1. The number of carbonyl (C=O) groups is 1. The molecule has 0 saturated carbocycles. The molecule has 0 aliphatic carbocycles. The van der Waals surface area contributed by atoms with Crippen molar-refractivity contribution in [3.8, 4) is 0 Å². The monoisotopic (exact) mass is 314 g/mol. The van der Waals surface area contributed by atoms with Gasteiger partial charge in [0.25, 0.3) is 11.6 Å². The van der Waals surface area contributed by atoms with Gasteiger partial charge in [-0.05, 0) is 25.2 Å². The zero-order valence-electron chi connectivity index (χ0n) is 11.0. The summed E-state index contributed by atoms with van der Waals surface area (Å²) < 4.78 is 0. The van der Waals surface area contributed by atoms with Crippen molar-refractivity contribution in [3.63, 3.8) is 0 Å². The molecule has 0 bridgehead atoms. The summed E-state index contributed by atoms with van der Waals surface area (Å²) in [5, 5.41) is 11.2. The van der Waals surface area contributed by atoms with Crippen LogP contribution in [0.25, 0.3) is 0 Å². The van der Waals surface area contributed by atoms with Crippen LogP contribution in [0, 0.1) is 10.1 Å². The van der Waals surface area contributed by atoms with Gasteiger partial charge in [0.2, 0.25) is 0 Å². The maximum absolute atomic E-state index is 12.6. The van der Waals surface area contributed by atoms with Crippen LogP contribution >= 0.6 is 23.4 Å². The second kappa shape index (κ2) is 6.45. The highest BCUT2D eigenvalue weighted by Crippen LogP contribution is 2.29. The Balaban J connectivity index is 2.39. The van der Waals surface area contributed by atoms with E-state index in [0.29, 0.717) is 6.54 Å². The van der Waals surface area contributed by atoms with Crippen LogP contribution in [0.5, 0.6) is 0 Å². The van der Waals surface area contributed by atoms with E-state index < -0.39 is 4.92 Å². The van der Waals surface area contributed by atoms with Gasteiger partial charge in [0, 0.05) is 24.4 Å². The van der Waals surface area contributed by atoms with Gasteiger partial charge in [0.05, 0.1) is 9.95 Å². The Morgan fingerprint density at radius 2 is 2.25 bits per heavy atom. The van der Waals surface area contributed by atoms with E-state index >= 15 is 0 Å². The van der Waals surface area contributed by atoms with E-state index in [2.05, 4.69) is 0 Å². The second-order valence-corrected chi connectivity index (χ2v) is 6.27. The van der Waals surface area contributed by atoms with Crippen molar-refractivity contribution < 1.29 is 9.72 Å². The third kappa shape index (κ3) is 3.07. The van der Waals surface area contributed by atoms with E-state index in [1.165, 1.54) is 18.2 Å². The van der Waals surface area contributed by atoms with Gasteiger partial charge in [-0.15, -0.1) is 0 Å². The van der Waals surface area contributed by atoms with Crippen LogP contribution in [0.4, 0.5) is 5.69 Å². The molecule has 0 radical (unpaired) electrons. The quantitative estimate of drug-likeness (QED) is 0.621. The summed E-state index contributed by atoms with van der Waals surface area (Å²) in [4.78, 5) is 24.8. The van der Waals surface area contributed by atoms with Crippen LogP contribution in [0.15, 0.2) is 18.2 Å². The number of hydrogen-bond donors (Lipinski definition) is 0. The Morgan fingerprint density at radius 3 is 2.95 bits per heavy atom. The molecule has 1 atom stereocenters. The van der Waals surface area contributed by atoms with Crippen molar-refractivity contribution in [1.29, 1.82) is 0 Å². The SMILES string of the molecule is CC1CCSCCN1C(=O)c1c(Cl)cccc1[N+](=O)[O-]. The highest BCUT2D eigenvalue weighted by atomic mass is 35.5. The zero-order chi connectivity index (χ0) is 14.7. The predicted molar refractivity (Wildman–Crippen MR) is 80.5 cm³/mol. The average Bonchev–Trinajstić information content (AvgIpc) is 2.62. The first-order valence-corrected chi connectivity index (χ1v) is 7.87. The number of nitrogens with zero attached hydrogens (tertiary/aromatic N) is 2. The van der Waals surface area contributed by atoms with E-state index in [1.54, 1.807) is 16.7 Å². The maximum atomic E-state index is 12.6. The fourth-order valence-corrected chi connectivity index (χ4v) is 3.51. The van der Waals surface area contributed by atoms with Gasteiger partial charge in [0.1, 0.15) is 5.56 Å². The van der Waals surface area contributed by atoms with Gasteiger partial charge in [-0.2, -0.15) is 11.8 Å². The molecule has 1 aromatic rings. The predicted octanol–water partition coefficient (Wildman–Crippen LogP) is 3.22. The number of rotatable bonds is 2. The first-order valence-electron chi connectivity index (χ1n) is 6.34. The van der Waals surface area contributed by atoms with Gasteiger partial charge in [-0.25, -0.2) is 0 Å². The van der Waals surface area contributed by atoms with Crippen molar-refractivity contribution in [2.45, 2.75) is 19.4 Å². The topological polar surface area (TPSA) is 63.5 Å². The molecule has 20 heavy (non-hydrogen) atoms. The highest BCUT2D eigenvalue weighted by molar-refractivity contribution is 7.99. The molecule has 1 aliphatic rings. The number of amides is 1. The van der Waals surface area contributed by atoms with Gasteiger partial charge < -0.3 is 4.90 Å². The molecule has 5 nitrogen and oxygen atoms in total. The molecule has 7 heteroatoms. The summed E-state index contributed by atoms with van der Waals surface area (Å²) in [6, 6.07) is 4.38. The smallest absolute Gasteiger partial charge is 0.283 e. The van der Waals surface area contributed by atoms with E-state index in [0.717, 1.165) is 17.9 Å². The lowest BCUT2D eigenvalue weighted by Crippen LogP contribution is -2.39. The minimum atomic E-state index is -0.559. The Bertz CT molecular complexity index is 538.